The number of nitrogens with one attached hydrogen (secondary N) is 1. The Hall–Kier alpha value is -2.23. The standard InChI is InChI=1S/C14H15N3O/c1-10(15-14-7-8-17(2)16-14)13-9-11-5-3-4-6-12(11)18-13/h3-10H,1-2H3,(H,15,16). The van der Waals surface area contributed by atoms with Crippen LogP contribution in [0.5, 0.6) is 0 Å². The molecule has 1 N–H and O–H groups in total. The first-order chi connectivity index (χ1) is 8.72. The van der Waals surface area contributed by atoms with E-state index >= 15 is 0 Å². The lowest BCUT2D eigenvalue weighted by molar-refractivity contribution is 0.525. The number of rotatable bonds is 3. The number of nitrogens with zero attached hydrogens (tertiary/aromatic N) is 2. The van der Waals surface area contributed by atoms with Gasteiger partial charge in [0.15, 0.2) is 0 Å². The second-order valence-electron chi connectivity index (χ2n) is 4.43. The molecule has 0 radical (unpaired) electrons. The van der Waals surface area contributed by atoms with Crippen molar-refractivity contribution >= 4 is 16.8 Å². The Morgan fingerprint density at radius 3 is 2.83 bits per heavy atom. The maximum atomic E-state index is 5.81. The minimum absolute atomic E-state index is 0.0901. The lowest BCUT2D eigenvalue weighted by Gasteiger charge is -2.09. The summed E-state index contributed by atoms with van der Waals surface area (Å²) < 4.78 is 7.58. The first kappa shape index (κ1) is 10.9. The van der Waals surface area contributed by atoms with Crippen LogP contribution < -0.4 is 5.32 Å². The van der Waals surface area contributed by atoms with Crippen LogP contribution in [-0.4, -0.2) is 9.78 Å². The van der Waals surface area contributed by atoms with Crippen LogP contribution in [0.2, 0.25) is 0 Å². The molecule has 1 atom stereocenters. The summed E-state index contributed by atoms with van der Waals surface area (Å²) in [6.45, 7) is 2.06. The van der Waals surface area contributed by atoms with E-state index in [-0.39, 0.29) is 6.04 Å². The first-order valence-corrected chi connectivity index (χ1v) is 5.97. The number of para-hydroxylation sites is 1. The van der Waals surface area contributed by atoms with Gasteiger partial charge in [-0.3, -0.25) is 4.68 Å². The third-order valence-corrected chi connectivity index (χ3v) is 2.95. The Bertz CT molecular complexity index is 635. The average Bonchev–Trinajstić information content (AvgIpc) is 2.95. The lowest BCUT2D eigenvalue weighted by Crippen LogP contribution is -2.06. The monoisotopic (exact) mass is 241 g/mol. The van der Waals surface area contributed by atoms with Crippen molar-refractivity contribution in [1.29, 1.82) is 0 Å². The van der Waals surface area contributed by atoms with Gasteiger partial charge in [-0.2, -0.15) is 5.10 Å². The van der Waals surface area contributed by atoms with Gasteiger partial charge in [-0.1, -0.05) is 18.2 Å². The van der Waals surface area contributed by atoms with Gasteiger partial charge in [0.2, 0.25) is 0 Å². The minimum atomic E-state index is 0.0901. The van der Waals surface area contributed by atoms with Crippen LogP contribution in [-0.2, 0) is 7.05 Å². The van der Waals surface area contributed by atoms with Crippen LogP contribution in [0.15, 0.2) is 47.0 Å². The molecule has 0 bridgehead atoms. The van der Waals surface area contributed by atoms with Crippen molar-refractivity contribution < 1.29 is 4.42 Å². The molecule has 0 spiro atoms. The summed E-state index contributed by atoms with van der Waals surface area (Å²) in [5, 5.41) is 8.74. The van der Waals surface area contributed by atoms with Gasteiger partial charge in [0.25, 0.3) is 0 Å². The summed E-state index contributed by atoms with van der Waals surface area (Å²) in [7, 11) is 1.90. The molecule has 0 amide bonds. The fourth-order valence-electron chi connectivity index (χ4n) is 2.00. The highest BCUT2D eigenvalue weighted by molar-refractivity contribution is 5.77. The number of fused-ring (bicyclic) bond motifs is 1. The van der Waals surface area contributed by atoms with Crippen molar-refractivity contribution in [2.45, 2.75) is 13.0 Å². The van der Waals surface area contributed by atoms with Crippen LogP contribution >= 0.6 is 0 Å². The van der Waals surface area contributed by atoms with Crippen molar-refractivity contribution in [2.24, 2.45) is 7.05 Å². The summed E-state index contributed by atoms with van der Waals surface area (Å²) in [4.78, 5) is 0. The highest BCUT2D eigenvalue weighted by Gasteiger charge is 2.12. The van der Waals surface area contributed by atoms with E-state index in [1.165, 1.54) is 0 Å². The van der Waals surface area contributed by atoms with Crippen LogP contribution in [0.25, 0.3) is 11.0 Å². The first-order valence-electron chi connectivity index (χ1n) is 5.97. The molecule has 0 saturated carbocycles. The Labute approximate surface area is 105 Å². The van der Waals surface area contributed by atoms with Crippen molar-refractivity contribution in [2.75, 3.05) is 5.32 Å². The Morgan fingerprint density at radius 2 is 2.11 bits per heavy atom. The van der Waals surface area contributed by atoms with Crippen LogP contribution in [0.3, 0.4) is 0 Å². The van der Waals surface area contributed by atoms with Crippen LogP contribution in [0.1, 0.15) is 18.7 Å². The maximum Gasteiger partial charge on any atom is 0.148 e. The van der Waals surface area contributed by atoms with Crippen molar-refractivity contribution in [3.8, 4) is 0 Å². The maximum absolute atomic E-state index is 5.81. The topological polar surface area (TPSA) is 43.0 Å². The predicted octanol–water partition coefficient (Wildman–Crippen LogP) is 3.34. The van der Waals surface area contributed by atoms with Gasteiger partial charge < -0.3 is 9.73 Å². The molecule has 1 aromatic carbocycles. The molecule has 0 aliphatic rings. The number of benzene rings is 1. The quantitative estimate of drug-likeness (QED) is 0.764. The summed E-state index contributed by atoms with van der Waals surface area (Å²) in [5.74, 6) is 1.77. The fourth-order valence-corrected chi connectivity index (χ4v) is 2.00. The van der Waals surface area contributed by atoms with E-state index in [0.717, 1.165) is 22.5 Å². The van der Waals surface area contributed by atoms with Crippen molar-refractivity contribution in [3.05, 3.63) is 48.4 Å². The van der Waals surface area contributed by atoms with Gasteiger partial charge in [0, 0.05) is 24.7 Å². The van der Waals surface area contributed by atoms with Crippen molar-refractivity contribution in [3.63, 3.8) is 0 Å². The highest BCUT2D eigenvalue weighted by atomic mass is 16.3. The lowest BCUT2D eigenvalue weighted by atomic mass is 10.2. The number of anilines is 1. The smallest absolute Gasteiger partial charge is 0.148 e. The number of hydrogen-bond donors (Lipinski definition) is 1. The van der Waals surface area contributed by atoms with Crippen LogP contribution in [0.4, 0.5) is 5.82 Å². The zero-order valence-electron chi connectivity index (χ0n) is 10.4. The minimum Gasteiger partial charge on any atom is -0.459 e. The normalized spacial score (nSPS) is 12.8. The molecule has 0 aliphatic carbocycles. The number of aromatic nitrogens is 2. The molecule has 0 saturated heterocycles. The molecule has 2 heterocycles. The Morgan fingerprint density at radius 1 is 1.28 bits per heavy atom. The molecule has 0 aliphatic heterocycles. The molecule has 2 aromatic heterocycles. The van der Waals surface area contributed by atoms with Gasteiger partial charge in [-0.05, 0) is 19.1 Å². The second-order valence-corrected chi connectivity index (χ2v) is 4.43. The molecule has 0 fully saturated rings. The summed E-state index contributed by atoms with van der Waals surface area (Å²) >= 11 is 0. The van der Waals surface area contributed by atoms with Gasteiger partial charge >= 0.3 is 0 Å². The zero-order chi connectivity index (χ0) is 12.5. The highest BCUT2D eigenvalue weighted by Crippen LogP contribution is 2.25. The van der Waals surface area contributed by atoms with Gasteiger partial charge in [-0.15, -0.1) is 0 Å². The third-order valence-electron chi connectivity index (χ3n) is 2.95. The SMILES string of the molecule is CC(Nc1ccn(C)n1)c1cc2ccccc2o1. The number of hydrogen-bond acceptors (Lipinski definition) is 3. The molecular weight excluding hydrogens is 226 g/mol. The molecule has 4 heteroatoms. The molecule has 4 nitrogen and oxygen atoms in total. The zero-order valence-corrected chi connectivity index (χ0v) is 10.4. The number of furan rings is 1. The van der Waals surface area contributed by atoms with E-state index in [1.54, 1.807) is 4.68 Å². The van der Waals surface area contributed by atoms with E-state index in [2.05, 4.69) is 29.5 Å². The molecule has 1 unspecified atom stereocenters. The molecule has 3 rings (SSSR count). The Kier molecular flexibility index (Phi) is 2.55. The molecule has 3 aromatic rings. The number of aryl methyl sites for hydroxylation is 1. The third kappa shape index (κ3) is 1.97. The molecular formula is C14H15N3O. The van der Waals surface area contributed by atoms with Gasteiger partial charge in [0.1, 0.15) is 17.2 Å². The van der Waals surface area contributed by atoms with E-state index < -0.39 is 0 Å². The van der Waals surface area contributed by atoms with E-state index in [4.69, 9.17) is 4.42 Å². The molecule has 18 heavy (non-hydrogen) atoms. The van der Waals surface area contributed by atoms with E-state index in [0.29, 0.717) is 0 Å². The van der Waals surface area contributed by atoms with E-state index in [1.807, 2.05) is 37.5 Å². The van der Waals surface area contributed by atoms with Gasteiger partial charge in [-0.25, -0.2) is 0 Å². The van der Waals surface area contributed by atoms with Gasteiger partial charge in [0.05, 0.1) is 6.04 Å². The van der Waals surface area contributed by atoms with Crippen molar-refractivity contribution in [1.82, 2.24) is 9.78 Å². The second kappa shape index (κ2) is 4.22. The fraction of sp³-hybridized carbons (Fsp3) is 0.214. The summed E-state index contributed by atoms with van der Waals surface area (Å²) in [5.41, 5.74) is 0.919. The van der Waals surface area contributed by atoms with Crippen LogP contribution in [0, 0.1) is 0 Å². The molecule has 92 valence electrons. The predicted molar refractivity (Wildman–Crippen MR) is 71.5 cm³/mol. The largest absolute Gasteiger partial charge is 0.459 e. The van der Waals surface area contributed by atoms with E-state index in [9.17, 15) is 0 Å². The summed E-state index contributed by atoms with van der Waals surface area (Å²) in [6.07, 6.45) is 1.91. The summed E-state index contributed by atoms with van der Waals surface area (Å²) in [6, 6.07) is 12.1. The average molecular weight is 241 g/mol. The Balaban J connectivity index is 1.85.